The Hall–Kier alpha value is -2.41. The third-order valence-electron chi connectivity index (χ3n) is 7.01. The summed E-state index contributed by atoms with van der Waals surface area (Å²) in [5.74, 6) is 0.259. The highest BCUT2D eigenvalue weighted by molar-refractivity contribution is 7.89. The van der Waals surface area contributed by atoms with Crippen molar-refractivity contribution < 1.29 is 35.1 Å². The quantitative estimate of drug-likeness (QED) is 0.620. The van der Waals surface area contributed by atoms with E-state index in [1.54, 1.807) is 6.20 Å². The zero-order valence-corrected chi connectivity index (χ0v) is 18.0. The van der Waals surface area contributed by atoms with Crippen LogP contribution >= 0.6 is 0 Å². The molecule has 1 N–H and O–H groups in total. The van der Waals surface area contributed by atoms with Gasteiger partial charge in [-0.25, -0.2) is 13.4 Å². The molecule has 4 aliphatic rings. The predicted molar refractivity (Wildman–Crippen MR) is 107 cm³/mol. The zero-order valence-electron chi connectivity index (χ0n) is 17.2. The van der Waals surface area contributed by atoms with Crippen LogP contribution in [0.1, 0.15) is 30.5 Å². The molecule has 2 bridgehead atoms. The highest BCUT2D eigenvalue weighted by atomic mass is 32.2. The van der Waals surface area contributed by atoms with Crippen molar-refractivity contribution in [1.29, 1.82) is 0 Å². The van der Waals surface area contributed by atoms with Gasteiger partial charge >= 0.3 is 22.1 Å². The molecule has 3 saturated carbocycles. The minimum atomic E-state index is -5.65. The van der Waals surface area contributed by atoms with Gasteiger partial charge in [0.1, 0.15) is 5.75 Å². The monoisotopic (exact) mass is 492 g/mol. The number of imidazole rings is 1. The van der Waals surface area contributed by atoms with Gasteiger partial charge in [0.15, 0.2) is 0 Å². The number of nitrogens with zero attached hydrogens (tertiary/aromatic N) is 3. The van der Waals surface area contributed by atoms with Gasteiger partial charge in [-0.1, -0.05) is 0 Å². The first kappa shape index (κ1) is 22.4. The number of ether oxygens (including phenoxy) is 1. The second kappa shape index (κ2) is 7.55. The normalized spacial score (nSPS) is 27.5. The van der Waals surface area contributed by atoms with Crippen LogP contribution in [0.2, 0.25) is 0 Å². The first-order chi connectivity index (χ1) is 15.5. The maximum absolute atomic E-state index is 13.5. The Morgan fingerprint density at radius 2 is 1.97 bits per heavy atom. The minimum absolute atomic E-state index is 0.162. The highest BCUT2D eigenvalue weighted by Gasteiger charge is 2.63. The number of alkyl halides is 5. The van der Waals surface area contributed by atoms with Crippen LogP contribution in [0.3, 0.4) is 0 Å². The summed E-state index contributed by atoms with van der Waals surface area (Å²) in [6, 6.07) is 3.49. The Labute approximate surface area is 186 Å². The number of benzene rings is 1. The van der Waals surface area contributed by atoms with E-state index in [4.69, 9.17) is 0 Å². The molecule has 2 aromatic rings. The van der Waals surface area contributed by atoms with Gasteiger partial charge in [-0.05, 0) is 54.4 Å². The van der Waals surface area contributed by atoms with E-state index in [1.807, 2.05) is 4.90 Å². The molecule has 0 spiro atoms. The van der Waals surface area contributed by atoms with E-state index >= 15 is 0 Å². The third-order valence-corrected chi connectivity index (χ3v) is 8.55. The Morgan fingerprint density at radius 3 is 2.52 bits per heavy atom. The van der Waals surface area contributed by atoms with Crippen molar-refractivity contribution in [1.82, 2.24) is 14.3 Å². The lowest BCUT2D eigenvalue weighted by atomic mass is 9.41. The van der Waals surface area contributed by atoms with Gasteiger partial charge in [0.25, 0.3) is 0 Å². The fourth-order valence-corrected chi connectivity index (χ4v) is 6.36. The van der Waals surface area contributed by atoms with Crippen molar-refractivity contribution in [3.63, 3.8) is 0 Å². The third kappa shape index (κ3) is 3.74. The number of sulfonamides is 1. The van der Waals surface area contributed by atoms with E-state index in [-0.39, 0.29) is 29.8 Å². The predicted octanol–water partition coefficient (Wildman–Crippen LogP) is 3.85. The van der Waals surface area contributed by atoms with E-state index in [9.17, 15) is 30.4 Å². The second-order valence-corrected chi connectivity index (χ2v) is 10.9. The minimum Gasteiger partial charge on any atom is -0.435 e. The second-order valence-electron chi connectivity index (χ2n) is 8.97. The number of anilines is 1. The average molecular weight is 492 g/mol. The maximum atomic E-state index is 13.5. The number of fused-ring (bicyclic) bond motifs is 1. The zero-order chi connectivity index (χ0) is 23.6. The van der Waals surface area contributed by atoms with Crippen molar-refractivity contribution >= 4 is 15.7 Å². The van der Waals surface area contributed by atoms with E-state index < -0.39 is 34.7 Å². The Morgan fingerprint density at radius 1 is 1.24 bits per heavy atom. The Bertz CT molecular complexity index is 1120. The van der Waals surface area contributed by atoms with Crippen LogP contribution in [0.4, 0.5) is 27.6 Å². The van der Waals surface area contributed by atoms with Crippen LogP contribution in [-0.4, -0.2) is 47.4 Å². The molecule has 2 heterocycles. The van der Waals surface area contributed by atoms with Gasteiger partial charge in [-0.2, -0.15) is 26.3 Å². The van der Waals surface area contributed by atoms with E-state index in [2.05, 4.69) is 14.7 Å². The van der Waals surface area contributed by atoms with Crippen molar-refractivity contribution in [2.75, 3.05) is 11.4 Å². The molecule has 1 aromatic carbocycles. The first-order valence-corrected chi connectivity index (χ1v) is 11.8. The number of H-pyrrole nitrogens is 1. The Balaban J connectivity index is 1.62. The van der Waals surface area contributed by atoms with Gasteiger partial charge in [-0.3, -0.25) is 0 Å². The number of nitrogens with one attached hydrogen (secondary N) is 1. The largest absolute Gasteiger partial charge is 0.511 e. The number of rotatable bonds is 6. The van der Waals surface area contributed by atoms with E-state index in [0.29, 0.717) is 21.6 Å². The topological polar surface area (TPSA) is 78.5 Å². The van der Waals surface area contributed by atoms with E-state index in [1.165, 1.54) is 24.5 Å². The molecule has 3 aliphatic carbocycles. The fraction of sp³-hybridized carbons (Fsp3) is 0.550. The van der Waals surface area contributed by atoms with Crippen molar-refractivity contribution in [3.05, 3.63) is 42.0 Å². The smallest absolute Gasteiger partial charge is 0.435 e. The summed E-state index contributed by atoms with van der Waals surface area (Å²) in [4.78, 5) is 8.85. The van der Waals surface area contributed by atoms with Crippen molar-refractivity contribution in [3.8, 4) is 5.75 Å². The first-order valence-electron chi connectivity index (χ1n) is 10.4. The molecular weight excluding hydrogens is 471 g/mol. The van der Waals surface area contributed by atoms with E-state index in [0.717, 1.165) is 19.3 Å². The van der Waals surface area contributed by atoms with Crippen LogP contribution in [0, 0.1) is 11.3 Å². The summed E-state index contributed by atoms with van der Waals surface area (Å²) in [6.45, 7) is -3.84. The molecule has 13 heteroatoms. The summed E-state index contributed by atoms with van der Waals surface area (Å²) >= 11 is 0. The summed E-state index contributed by atoms with van der Waals surface area (Å²) in [5.41, 5.74) is -4.43. The molecule has 3 fully saturated rings. The summed E-state index contributed by atoms with van der Waals surface area (Å²) in [6.07, 6.45) is 5.52. The highest BCUT2D eigenvalue weighted by Crippen LogP contribution is 2.67. The van der Waals surface area contributed by atoms with Crippen LogP contribution < -0.4 is 9.64 Å². The van der Waals surface area contributed by atoms with Gasteiger partial charge in [-0.15, -0.1) is 0 Å². The number of hydrogen-bond acceptors (Lipinski definition) is 5. The molecule has 6 rings (SSSR count). The van der Waals surface area contributed by atoms with Gasteiger partial charge in [0, 0.05) is 31.0 Å². The summed E-state index contributed by atoms with van der Waals surface area (Å²) in [7, 11) is -5.65. The molecule has 1 aromatic heterocycles. The van der Waals surface area contributed by atoms with Crippen LogP contribution in [0.15, 0.2) is 30.7 Å². The lowest BCUT2D eigenvalue weighted by Gasteiger charge is -2.67. The SMILES string of the molecule is O=S(=O)(N1Cc2cc(OC(F)F)ccc2N(Cc2cnc[nH]2)C(C23CC(C2)C3)C1)C(F)(F)F. The number of hydrogen-bond donors (Lipinski definition) is 1. The lowest BCUT2D eigenvalue weighted by molar-refractivity contribution is -0.129. The fourth-order valence-electron chi connectivity index (χ4n) is 5.42. The molecule has 7 nitrogen and oxygen atoms in total. The molecule has 33 heavy (non-hydrogen) atoms. The molecule has 0 saturated heterocycles. The molecule has 1 aliphatic heterocycles. The van der Waals surface area contributed by atoms with Crippen LogP contribution in [0.25, 0.3) is 0 Å². The summed E-state index contributed by atoms with van der Waals surface area (Å²) < 4.78 is 95.9. The van der Waals surface area contributed by atoms with Crippen LogP contribution in [-0.2, 0) is 23.1 Å². The van der Waals surface area contributed by atoms with Gasteiger partial charge in [0.2, 0.25) is 0 Å². The van der Waals surface area contributed by atoms with Crippen molar-refractivity contribution in [2.24, 2.45) is 11.3 Å². The molecule has 0 radical (unpaired) electrons. The summed E-state index contributed by atoms with van der Waals surface area (Å²) in [5, 5.41) is 0. The number of halogens is 5. The molecular formula is C20H21F5N4O3S. The molecule has 1 unspecified atom stereocenters. The standard InChI is InChI=1S/C20H21F5N4O3S/c21-18(22)32-15-1-2-16-13(3-15)8-28(33(30,31)20(23,24)25)10-17(19-4-12(5-19)6-19)29(16)9-14-7-26-11-27-14/h1-3,7,11-12,17-18H,4-6,8-10H2,(H,26,27). The van der Waals surface area contributed by atoms with Crippen LogP contribution in [0.5, 0.6) is 5.75 Å². The number of aromatic nitrogens is 2. The maximum Gasteiger partial charge on any atom is 0.511 e. The molecule has 180 valence electrons. The van der Waals surface area contributed by atoms with Crippen molar-refractivity contribution in [2.45, 2.75) is 50.5 Å². The molecule has 0 amide bonds. The lowest BCUT2D eigenvalue weighted by Crippen LogP contribution is -2.66. The van der Waals surface area contributed by atoms with Gasteiger partial charge < -0.3 is 14.6 Å². The molecule has 1 atom stereocenters. The van der Waals surface area contributed by atoms with Gasteiger partial charge in [0.05, 0.1) is 18.6 Å². The Kier molecular flexibility index (Phi) is 5.12. The number of aromatic amines is 1. The average Bonchev–Trinajstić information content (AvgIpc) is 3.09.